The molecule has 0 unspecified atom stereocenters. The van der Waals surface area contributed by atoms with E-state index in [1.54, 1.807) is 0 Å². The molecule has 0 atom stereocenters. The number of rotatable bonds is 5. The van der Waals surface area contributed by atoms with Gasteiger partial charge in [-0.25, -0.2) is 0 Å². The number of carbonyl (C=O) groups is 2. The molecule has 0 aromatic carbocycles. The van der Waals surface area contributed by atoms with Crippen LogP contribution < -0.4 is 11.5 Å². The predicted octanol–water partition coefficient (Wildman–Crippen LogP) is 1.86. The molecule has 0 saturated heterocycles. The number of nitrogens with two attached hydrogens (primary N) is 2. The molecule has 0 aliphatic heterocycles. The lowest BCUT2D eigenvalue weighted by Crippen LogP contribution is -2.12. The highest BCUT2D eigenvalue weighted by atomic mass is 16.1. The first-order valence-electron chi connectivity index (χ1n) is 6.19. The number of carbonyl (C=O) groups excluding carboxylic acids is 2. The van der Waals surface area contributed by atoms with Crippen molar-refractivity contribution in [2.75, 3.05) is 0 Å². The summed E-state index contributed by atoms with van der Waals surface area (Å²) in [5.41, 5.74) is 9.71. The summed E-state index contributed by atoms with van der Waals surface area (Å²) in [4.78, 5) is 20.3. The average molecular weight is 228 g/mol. The standard InChI is InChI=1S/C6H12N2O2.C6H12/c7-5(9)3-1-2-4-6(8)10;1-2-4-6-5-3-1/h1-4H2,(H2,7,9)(H2,8,10);1-6H2. The maximum atomic E-state index is 10.2. The molecule has 4 nitrogen and oxygen atoms in total. The van der Waals surface area contributed by atoms with Gasteiger partial charge >= 0.3 is 0 Å². The van der Waals surface area contributed by atoms with Gasteiger partial charge in [-0.05, 0) is 12.8 Å². The third-order valence-corrected chi connectivity index (χ3v) is 2.60. The van der Waals surface area contributed by atoms with Gasteiger partial charge in [0.15, 0.2) is 0 Å². The van der Waals surface area contributed by atoms with E-state index in [-0.39, 0.29) is 11.8 Å². The van der Waals surface area contributed by atoms with E-state index in [0.29, 0.717) is 25.7 Å². The van der Waals surface area contributed by atoms with E-state index >= 15 is 0 Å². The molecule has 0 bridgehead atoms. The highest BCUT2D eigenvalue weighted by Crippen LogP contribution is 2.15. The molecule has 1 aliphatic rings. The zero-order chi connectivity index (χ0) is 12.2. The van der Waals surface area contributed by atoms with Gasteiger partial charge in [-0.2, -0.15) is 0 Å². The molecule has 1 fully saturated rings. The van der Waals surface area contributed by atoms with Gasteiger partial charge < -0.3 is 11.5 Å². The van der Waals surface area contributed by atoms with Crippen molar-refractivity contribution in [2.24, 2.45) is 11.5 Å². The summed E-state index contributed by atoms with van der Waals surface area (Å²) < 4.78 is 0. The maximum Gasteiger partial charge on any atom is 0.217 e. The Kier molecular flexibility index (Phi) is 9.76. The summed E-state index contributed by atoms with van der Waals surface area (Å²) in [5, 5.41) is 0. The third-order valence-electron chi connectivity index (χ3n) is 2.60. The minimum Gasteiger partial charge on any atom is -0.370 e. The van der Waals surface area contributed by atoms with Gasteiger partial charge in [-0.3, -0.25) is 9.59 Å². The van der Waals surface area contributed by atoms with Crippen LogP contribution in [0.5, 0.6) is 0 Å². The van der Waals surface area contributed by atoms with Crippen molar-refractivity contribution in [2.45, 2.75) is 64.2 Å². The monoisotopic (exact) mass is 228 g/mol. The first-order valence-corrected chi connectivity index (χ1v) is 6.19. The van der Waals surface area contributed by atoms with Crippen molar-refractivity contribution in [3.05, 3.63) is 0 Å². The van der Waals surface area contributed by atoms with E-state index in [9.17, 15) is 9.59 Å². The minimum atomic E-state index is -0.329. The summed E-state index contributed by atoms with van der Waals surface area (Å²) in [6.45, 7) is 0. The van der Waals surface area contributed by atoms with E-state index in [1.165, 1.54) is 38.5 Å². The highest BCUT2D eigenvalue weighted by molar-refractivity contribution is 5.74. The van der Waals surface area contributed by atoms with E-state index < -0.39 is 0 Å². The Balaban J connectivity index is 0.000000315. The predicted molar refractivity (Wildman–Crippen MR) is 64.6 cm³/mol. The van der Waals surface area contributed by atoms with Crippen molar-refractivity contribution in [1.82, 2.24) is 0 Å². The van der Waals surface area contributed by atoms with Gasteiger partial charge in [0.05, 0.1) is 0 Å². The Hall–Kier alpha value is -1.06. The number of hydrogen-bond donors (Lipinski definition) is 2. The second kappa shape index (κ2) is 10.5. The molecule has 0 spiro atoms. The SMILES string of the molecule is C1CCCCC1.NC(=O)CCCCC(N)=O. The summed E-state index contributed by atoms with van der Waals surface area (Å²) in [7, 11) is 0. The second-order valence-corrected chi connectivity index (χ2v) is 4.26. The first-order chi connectivity index (χ1) is 7.63. The Morgan fingerprint density at radius 1 is 0.688 bits per heavy atom. The van der Waals surface area contributed by atoms with Crippen LogP contribution in [0.15, 0.2) is 0 Å². The van der Waals surface area contributed by atoms with E-state index in [4.69, 9.17) is 11.5 Å². The lowest BCUT2D eigenvalue weighted by atomic mass is 10.0. The zero-order valence-corrected chi connectivity index (χ0v) is 10.0. The topological polar surface area (TPSA) is 86.2 Å². The van der Waals surface area contributed by atoms with Gasteiger partial charge in [-0.15, -0.1) is 0 Å². The highest BCUT2D eigenvalue weighted by Gasteiger charge is 1.96. The van der Waals surface area contributed by atoms with Crippen LogP contribution in [0.4, 0.5) is 0 Å². The average Bonchev–Trinajstić information content (AvgIpc) is 2.27. The molecule has 0 radical (unpaired) electrons. The number of unbranched alkanes of at least 4 members (excludes halogenated alkanes) is 1. The Morgan fingerprint density at radius 2 is 0.938 bits per heavy atom. The van der Waals surface area contributed by atoms with Crippen molar-refractivity contribution >= 4 is 11.8 Å². The molecule has 2 amide bonds. The van der Waals surface area contributed by atoms with Gasteiger partial charge in [0.1, 0.15) is 0 Å². The number of hydrogen-bond acceptors (Lipinski definition) is 2. The lowest BCUT2D eigenvalue weighted by molar-refractivity contribution is -0.119. The van der Waals surface area contributed by atoms with Crippen LogP contribution in [-0.2, 0) is 9.59 Å². The van der Waals surface area contributed by atoms with Crippen LogP contribution in [-0.4, -0.2) is 11.8 Å². The van der Waals surface area contributed by atoms with Crippen molar-refractivity contribution in [3.63, 3.8) is 0 Å². The second-order valence-electron chi connectivity index (χ2n) is 4.26. The largest absolute Gasteiger partial charge is 0.370 e. The summed E-state index contributed by atoms with van der Waals surface area (Å²) >= 11 is 0. The van der Waals surface area contributed by atoms with Crippen molar-refractivity contribution < 1.29 is 9.59 Å². The molecular formula is C12H24N2O2. The summed E-state index contributed by atoms with van der Waals surface area (Å²) in [6, 6.07) is 0. The third kappa shape index (κ3) is 12.9. The number of amides is 2. The Labute approximate surface area is 97.8 Å². The molecule has 4 N–H and O–H groups in total. The zero-order valence-electron chi connectivity index (χ0n) is 10.0. The molecule has 0 heterocycles. The van der Waals surface area contributed by atoms with Crippen molar-refractivity contribution in [3.8, 4) is 0 Å². The van der Waals surface area contributed by atoms with Crippen LogP contribution >= 0.6 is 0 Å². The molecule has 4 heteroatoms. The van der Waals surface area contributed by atoms with Crippen LogP contribution in [0, 0.1) is 0 Å². The maximum absolute atomic E-state index is 10.2. The van der Waals surface area contributed by atoms with Gasteiger partial charge in [0, 0.05) is 12.8 Å². The van der Waals surface area contributed by atoms with E-state index in [1.807, 2.05) is 0 Å². The minimum absolute atomic E-state index is 0.329. The summed E-state index contributed by atoms with van der Waals surface area (Å²) in [6.07, 6.45) is 11.0. The molecule has 0 aromatic heterocycles. The van der Waals surface area contributed by atoms with Crippen LogP contribution in [0.3, 0.4) is 0 Å². The number of primary amides is 2. The van der Waals surface area contributed by atoms with E-state index in [2.05, 4.69) is 0 Å². The fourth-order valence-corrected chi connectivity index (χ4v) is 1.66. The first kappa shape index (κ1) is 14.9. The summed E-state index contributed by atoms with van der Waals surface area (Å²) in [5.74, 6) is -0.658. The normalized spacial score (nSPS) is 14.8. The quantitative estimate of drug-likeness (QED) is 0.704. The smallest absolute Gasteiger partial charge is 0.217 e. The van der Waals surface area contributed by atoms with E-state index in [0.717, 1.165) is 0 Å². The fourth-order valence-electron chi connectivity index (χ4n) is 1.66. The molecule has 1 saturated carbocycles. The lowest BCUT2D eigenvalue weighted by Gasteiger charge is -2.05. The molecule has 1 rings (SSSR count). The molecule has 0 aromatic rings. The molecule has 16 heavy (non-hydrogen) atoms. The van der Waals surface area contributed by atoms with Gasteiger partial charge in [0.2, 0.25) is 11.8 Å². The van der Waals surface area contributed by atoms with Gasteiger partial charge in [0.25, 0.3) is 0 Å². The van der Waals surface area contributed by atoms with Gasteiger partial charge in [-0.1, -0.05) is 38.5 Å². The molecular weight excluding hydrogens is 204 g/mol. The molecule has 1 aliphatic carbocycles. The van der Waals surface area contributed by atoms with Crippen LogP contribution in [0.25, 0.3) is 0 Å². The van der Waals surface area contributed by atoms with Crippen LogP contribution in [0.1, 0.15) is 64.2 Å². The van der Waals surface area contributed by atoms with Crippen molar-refractivity contribution in [1.29, 1.82) is 0 Å². The molecule has 94 valence electrons. The Bertz CT molecular complexity index is 174. The fraction of sp³-hybridized carbons (Fsp3) is 0.833. The van der Waals surface area contributed by atoms with Crippen LogP contribution in [0.2, 0.25) is 0 Å². The Morgan fingerprint density at radius 3 is 1.12 bits per heavy atom.